The zero-order valence-electron chi connectivity index (χ0n) is 13.8. The number of nitro benzene ring substituents is 1. The summed E-state index contributed by atoms with van der Waals surface area (Å²) in [6, 6.07) is 8.36. The first kappa shape index (κ1) is 16.2. The van der Waals surface area contributed by atoms with E-state index in [2.05, 4.69) is 20.4 Å². The highest BCUT2D eigenvalue weighted by Gasteiger charge is 2.14. The number of nitro groups is 1. The predicted octanol–water partition coefficient (Wildman–Crippen LogP) is 3.71. The highest BCUT2D eigenvalue weighted by Crippen LogP contribution is 2.30. The summed E-state index contributed by atoms with van der Waals surface area (Å²) >= 11 is 1.55. The molecule has 26 heavy (non-hydrogen) atoms. The fourth-order valence-corrected chi connectivity index (χ4v) is 3.57. The number of rotatable bonds is 5. The molecule has 130 valence electrons. The van der Waals surface area contributed by atoms with Crippen molar-refractivity contribution in [2.24, 2.45) is 0 Å². The minimum Gasteiger partial charge on any atom is -0.365 e. The summed E-state index contributed by atoms with van der Waals surface area (Å²) in [6.45, 7) is 2.43. The SMILES string of the molecule is Cc1csc2nc(-n3cccn3)nc(NCc3cccc([N+](=O)[O-])c3)c12. The third kappa shape index (κ3) is 3.00. The number of non-ortho nitro benzene ring substituents is 1. The smallest absolute Gasteiger partial charge is 0.269 e. The van der Waals surface area contributed by atoms with Crippen molar-refractivity contribution in [2.45, 2.75) is 13.5 Å². The van der Waals surface area contributed by atoms with Gasteiger partial charge in [0.25, 0.3) is 11.6 Å². The molecule has 0 unspecified atom stereocenters. The summed E-state index contributed by atoms with van der Waals surface area (Å²) < 4.78 is 1.60. The maximum absolute atomic E-state index is 10.9. The number of aryl methyl sites for hydroxylation is 1. The van der Waals surface area contributed by atoms with Crippen LogP contribution in [-0.2, 0) is 6.54 Å². The molecule has 9 heteroatoms. The summed E-state index contributed by atoms with van der Waals surface area (Å²) in [4.78, 5) is 20.6. The van der Waals surface area contributed by atoms with Gasteiger partial charge in [-0.05, 0) is 29.5 Å². The molecular weight excluding hydrogens is 352 g/mol. The van der Waals surface area contributed by atoms with Crippen LogP contribution in [0.25, 0.3) is 16.2 Å². The third-order valence-electron chi connectivity index (χ3n) is 3.90. The number of hydrogen-bond acceptors (Lipinski definition) is 7. The van der Waals surface area contributed by atoms with Crippen molar-refractivity contribution in [2.75, 3.05) is 5.32 Å². The predicted molar refractivity (Wildman–Crippen MR) is 99.7 cm³/mol. The van der Waals surface area contributed by atoms with Gasteiger partial charge >= 0.3 is 0 Å². The number of anilines is 1. The molecule has 4 rings (SSSR count). The van der Waals surface area contributed by atoms with Crippen LogP contribution in [0.1, 0.15) is 11.1 Å². The molecule has 3 heterocycles. The van der Waals surface area contributed by atoms with Crippen molar-refractivity contribution >= 4 is 33.1 Å². The van der Waals surface area contributed by atoms with Crippen molar-refractivity contribution in [3.05, 3.63) is 69.3 Å². The molecule has 1 N–H and O–H groups in total. The normalized spacial score (nSPS) is 11.0. The van der Waals surface area contributed by atoms with Gasteiger partial charge in [-0.3, -0.25) is 10.1 Å². The lowest BCUT2D eigenvalue weighted by Crippen LogP contribution is -2.07. The number of fused-ring (bicyclic) bond motifs is 1. The lowest BCUT2D eigenvalue weighted by molar-refractivity contribution is -0.384. The Morgan fingerprint density at radius 2 is 2.19 bits per heavy atom. The van der Waals surface area contributed by atoms with Crippen LogP contribution in [0, 0.1) is 17.0 Å². The number of nitrogens with zero attached hydrogens (tertiary/aromatic N) is 5. The van der Waals surface area contributed by atoms with Crippen LogP contribution in [0.4, 0.5) is 11.5 Å². The van der Waals surface area contributed by atoms with E-state index >= 15 is 0 Å². The second-order valence-electron chi connectivity index (χ2n) is 5.70. The topological polar surface area (TPSA) is 98.8 Å². The number of benzene rings is 1. The largest absolute Gasteiger partial charge is 0.365 e. The van der Waals surface area contributed by atoms with E-state index in [1.54, 1.807) is 40.5 Å². The van der Waals surface area contributed by atoms with Gasteiger partial charge in [0.05, 0.1) is 10.3 Å². The van der Waals surface area contributed by atoms with E-state index in [9.17, 15) is 10.1 Å². The Morgan fingerprint density at radius 1 is 1.31 bits per heavy atom. The van der Waals surface area contributed by atoms with E-state index in [1.165, 1.54) is 6.07 Å². The summed E-state index contributed by atoms with van der Waals surface area (Å²) in [5, 5.41) is 21.4. The summed E-state index contributed by atoms with van der Waals surface area (Å²) in [7, 11) is 0. The van der Waals surface area contributed by atoms with E-state index in [1.807, 2.05) is 24.4 Å². The van der Waals surface area contributed by atoms with Crippen molar-refractivity contribution in [1.82, 2.24) is 19.7 Å². The first-order chi connectivity index (χ1) is 12.6. The van der Waals surface area contributed by atoms with Crippen LogP contribution in [-0.4, -0.2) is 24.7 Å². The molecule has 0 atom stereocenters. The molecule has 0 fully saturated rings. The van der Waals surface area contributed by atoms with Crippen LogP contribution >= 0.6 is 11.3 Å². The molecule has 8 nitrogen and oxygen atoms in total. The average Bonchev–Trinajstić information content (AvgIpc) is 3.30. The van der Waals surface area contributed by atoms with E-state index < -0.39 is 4.92 Å². The van der Waals surface area contributed by atoms with Gasteiger partial charge < -0.3 is 5.32 Å². The third-order valence-corrected chi connectivity index (χ3v) is 4.89. The van der Waals surface area contributed by atoms with Crippen LogP contribution in [0.2, 0.25) is 0 Å². The van der Waals surface area contributed by atoms with Crippen LogP contribution in [0.3, 0.4) is 0 Å². The Kier molecular flexibility index (Phi) is 4.05. The standard InChI is InChI=1S/C17H14N6O2S/c1-11-10-26-16-14(11)15(20-17(21-16)22-7-3-6-19-22)18-9-12-4-2-5-13(8-12)23(24)25/h2-8,10H,9H2,1H3,(H,18,20,21). The zero-order valence-corrected chi connectivity index (χ0v) is 14.6. The molecule has 0 aliphatic heterocycles. The van der Waals surface area contributed by atoms with E-state index in [0.29, 0.717) is 18.3 Å². The molecule has 4 aromatic rings. The molecule has 0 bridgehead atoms. The first-order valence-corrected chi connectivity index (χ1v) is 8.73. The van der Waals surface area contributed by atoms with E-state index in [4.69, 9.17) is 0 Å². The average molecular weight is 366 g/mol. The summed E-state index contributed by atoms with van der Waals surface area (Å²) in [6.07, 6.45) is 3.45. The minimum absolute atomic E-state index is 0.0704. The van der Waals surface area contributed by atoms with Crippen LogP contribution in [0.5, 0.6) is 0 Å². The molecule has 0 radical (unpaired) electrons. The molecule has 3 aromatic heterocycles. The molecule has 0 saturated heterocycles. The molecule has 0 spiro atoms. The Morgan fingerprint density at radius 3 is 2.96 bits per heavy atom. The molecule has 0 amide bonds. The Hall–Kier alpha value is -3.33. The minimum atomic E-state index is -0.398. The lowest BCUT2D eigenvalue weighted by atomic mass is 10.2. The number of aromatic nitrogens is 4. The van der Waals surface area contributed by atoms with Gasteiger partial charge in [0.1, 0.15) is 10.6 Å². The second kappa shape index (κ2) is 6.52. The number of thiophene rings is 1. The molecule has 1 aromatic carbocycles. The van der Waals surface area contributed by atoms with E-state index in [-0.39, 0.29) is 5.69 Å². The van der Waals surface area contributed by atoms with Crippen molar-refractivity contribution in [3.63, 3.8) is 0 Å². The van der Waals surface area contributed by atoms with Crippen molar-refractivity contribution in [1.29, 1.82) is 0 Å². The van der Waals surface area contributed by atoms with Gasteiger partial charge in [-0.2, -0.15) is 15.1 Å². The van der Waals surface area contributed by atoms with Crippen LogP contribution in [0.15, 0.2) is 48.1 Å². The van der Waals surface area contributed by atoms with Gasteiger partial charge in [-0.1, -0.05) is 12.1 Å². The molecule has 0 saturated carbocycles. The summed E-state index contributed by atoms with van der Waals surface area (Å²) in [5.41, 5.74) is 1.96. The molecule has 0 aliphatic rings. The zero-order chi connectivity index (χ0) is 18.1. The summed E-state index contributed by atoms with van der Waals surface area (Å²) in [5.74, 6) is 1.16. The first-order valence-electron chi connectivity index (χ1n) is 7.85. The highest BCUT2D eigenvalue weighted by molar-refractivity contribution is 7.17. The maximum atomic E-state index is 10.9. The van der Waals surface area contributed by atoms with Gasteiger partial charge in [0.15, 0.2) is 0 Å². The highest BCUT2D eigenvalue weighted by atomic mass is 32.1. The fraction of sp³-hybridized carbons (Fsp3) is 0.118. The fourth-order valence-electron chi connectivity index (χ4n) is 2.66. The quantitative estimate of drug-likeness (QED) is 0.427. The lowest BCUT2D eigenvalue weighted by Gasteiger charge is -2.10. The maximum Gasteiger partial charge on any atom is 0.269 e. The van der Waals surface area contributed by atoms with E-state index in [0.717, 1.165) is 21.3 Å². The Balaban J connectivity index is 1.70. The van der Waals surface area contributed by atoms with Gasteiger partial charge in [-0.25, -0.2) is 4.68 Å². The number of nitrogens with one attached hydrogen (secondary N) is 1. The van der Waals surface area contributed by atoms with Crippen molar-refractivity contribution in [3.8, 4) is 5.95 Å². The van der Waals surface area contributed by atoms with Gasteiger partial charge in [0, 0.05) is 31.1 Å². The van der Waals surface area contributed by atoms with Gasteiger partial charge in [0.2, 0.25) is 0 Å². The monoisotopic (exact) mass is 366 g/mol. The van der Waals surface area contributed by atoms with Crippen LogP contribution < -0.4 is 5.32 Å². The molecule has 0 aliphatic carbocycles. The Bertz CT molecular complexity index is 1090. The van der Waals surface area contributed by atoms with Crippen molar-refractivity contribution < 1.29 is 4.92 Å². The molecular formula is C17H14N6O2S. The van der Waals surface area contributed by atoms with Gasteiger partial charge in [-0.15, -0.1) is 11.3 Å². The second-order valence-corrected chi connectivity index (χ2v) is 6.56. The Labute approximate surface area is 152 Å². The number of hydrogen-bond donors (Lipinski definition) is 1.